The molecule has 6 nitrogen and oxygen atoms in total. The molecule has 1 fully saturated rings. The number of benzene rings is 1. The molecule has 1 aliphatic rings. The van der Waals surface area contributed by atoms with Gasteiger partial charge in [0.05, 0.1) is 16.2 Å². The molecular weight excluding hydrogens is 429 g/mol. The number of anilines is 2. The van der Waals surface area contributed by atoms with Crippen molar-refractivity contribution in [2.45, 2.75) is 19.3 Å². The topological polar surface area (TPSA) is 53.5 Å². The van der Waals surface area contributed by atoms with E-state index in [1.54, 1.807) is 7.11 Å². The van der Waals surface area contributed by atoms with Crippen molar-refractivity contribution in [2.75, 3.05) is 57.6 Å². The summed E-state index contributed by atoms with van der Waals surface area (Å²) in [4.78, 5) is 14.2. The van der Waals surface area contributed by atoms with Gasteiger partial charge in [-0.05, 0) is 68.1 Å². The number of piperidine rings is 1. The Morgan fingerprint density at radius 2 is 1.96 bits per heavy atom. The highest BCUT2D eigenvalue weighted by molar-refractivity contribution is 14.1. The van der Waals surface area contributed by atoms with Crippen molar-refractivity contribution < 1.29 is 4.74 Å². The van der Waals surface area contributed by atoms with Crippen LogP contribution in [0.2, 0.25) is 0 Å². The van der Waals surface area contributed by atoms with Gasteiger partial charge in [-0.3, -0.25) is 0 Å². The smallest absolute Gasteiger partial charge is 0.227 e. The van der Waals surface area contributed by atoms with Crippen molar-refractivity contribution in [3.05, 3.63) is 15.7 Å². The molecule has 0 amide bonds. The first-order chi connectivity index (χ1) is 12.1. The van der Waals surface area contributed by atoms with Gasteiger partial charge in [-0.1, -0.05) is 0 Å². The lowest BCUT2D eigenvalue weighted by Gasteiger charge is -2.27. The van der Waals surface area contributed by atoms with Crippen molar-refractivity contribution in [3.8, 4) is 5.75 Å². The van der Waals surface area contributed by atoms with Crippen LogP contribution in [-0.2, 0) is 0 Å². The highest BCUT2D eigenvalue weighted by Gasteiger charge is 2.17. The van der Waals surface area contributed by atoms with E-state index < -0.39 is 0 Å². The summed E-state index contributed by atoms with van der Waals surface area (Å²) in [5.74, 6) is 2.58. The second-order valence-corrected chi connectivity index (χ2v) is 7.82. The van der Waals surface area contributed by atoms with Gasteiger partial charge in [0.2, 0.25) is 5.95 Å². The van der Waals surface area contributed by atoms with Crippen LogP contribution in [-0.4, -0.2) is 62.3 Å². The van der Waals surface area contributed by atoms with Crippen LogP contribution in [0.5, 0.6) is 5.75 Å². The molecule has 0 atom stereocenters. The number of nitrogens with one attached hydrogen (secondary N) is 1. The molecule has 2 heterocycles. The van der Waals surface area contributed by atoms with Crippen LogP contribution in [0.4, 0.5) is 11.8 Å². The molecule has 136 valence electrons. The fourth-order valence-electron chi connectivity index (χ4n) is 3.04. The van der Waals surface area contributed by atoms with Crippen molar-refractivity contribution in [3.63, 3.8) is 0 Å². The average Bonchev–Trinajstić information content (AvgIpc) is 2.61. The number of halogens is 1. The summed E-state index contributed by atoms with van der Waals surface area (Å²) in [5, 5.41) is 4.50. The van der Waals surface area contributed by atoms with Gasteiger partial charge in [0.25, 0.3) is 0 Å². The van der Waals surface area contributed by atoms with Gasteiger partial charge >= 0.3 is 0 Å². The number of hydrogen-bond acceptors (Lipinski definition) is 6. The van der Waals surface area contributed by atoms with Crippen LogP contribution in [0.3, 0.4) is 0 Å². The number of rotatable bonds is 6. The lowest BCUT2D eigenvalue weighted by Crippen LogP contribution is -2.31. The summed E-state index contributed by atoms with van der Waals surface area (Å²) in [7, 11) is 5.85. The number of likely N-dealkylation sites (N-methyl/N-ethyl adjacent to an activating group) is 1. The van der Waals surface area contributed by atoms with Gasteiger partial charge in [0.15, 0.2) is 0 Å². The highest BCUT2D eigenvalue weighted by Crippen LogP contribution is 2.31. The first-order valence-electron chi connectivity index (χ1n) is 8.77. The molecule has 1 saturated heterocycles. The largest absolute Gasteiger partial charge is 0.496 e. The molecule has 1 aliphatic heterocycles. The molecule has 1 aromatic heterocycles. The van der Waals surface area contributed by atoms with E-state index in [-0.39, 0.29) is 0 Å². The zero-order chi connectivity index (χ0) is 17.8. The standard InChI is InChI=1S/C18H26IN5O/c1-23(2)10-7-20-17-13-11-16(25-3)14(19)12-15(13)21-18(22-17)24-8-5-4-6-9-24/h11-12H,4-10H2,1-3H3,(H,20,21,22). The third-order valence-corrected chi connectivity index (χ3v) is 5.29. The fourth-order valence-corrected chi connectivity index (χ4v) is 3.71. The Kier molecular flexibility index (Phi) is 6.16. The quantitative estimate of drug-likeness (QED) is 0.676. The summed E-state index contributed by atoms with van der Waals surface area (Å²) in [5.41, 5.74) is 0.966. The van der Waals surface area contributed by atoms with Gasteiger partial charge in [-0.25, -0.2) is 4.98 Å². The maximum absolute atomic E-state index is 5.49. The molecule has 3 rings (SSSR count). The summed E-state index contributed by atoms with van der Waals surface area (Å²) >= 11 is 2.30. The average molecular weight is 455 g/mol. The Hall–Kier alpha value is -1.35. The molecule has 25 heavy (non-hydrogen) atoms. The predicted molar refractivity (Wildman–Crippen MR) is 112 cm³/mol. The van der Waals surface area contributed by atoms with Crippen molar-refractivity contribution >= 4 is 45.3 Å². The van der Waals surface area contributed by atoms with Crippen LogP contribution in [0.1, 0.15) is 19.3 Å². The first kappa shape index (κ1) is 18.4. The van der Waals surface area contributed by atoms with Crippen LogP contribution in [0, 0.1) is 3.57 Å². The van der Waals surface area contributed by atoms with Gasteiger partial charge in [0, 0.05) is 31.6 Å². The molecule has 7 heteroatoms. The first-order valence-corrected chi connectivity index (χ1v) is 9.85. The van der Waals surface area contributed by atoms with E-state index in [0.29, 0.717) is 0 Å². The van der Waals surface area contributed by atoms with Crippen LogP contribution in [0.15, 0.2) is 12.1 Å². The minimum Gasteiger partial charge on any atom is -0.496 e. The molecule has 0 aliphatic carbocycles. The van der Waals surface area contributed by atoms with E-state index in [2.05, 4.69) is 57.9 Å². The SMILES string of the molecule is COc1cc2c(NCCN(C)C)nc(N3CCCCC3)nc2cc1I. The zero-order valence-electron chi connectivity index (χ0n) is 15.2. The molecule has 1 aromatic carbocycles. The number of fused-ring (bicyclic) bond motifs is 1. The third-order valence-electron chi connectivity index (χ3n) is 4.45. The van der Waals surface area contributed by atoms with Gasteiger partial charge in [0.1, 0.15) is 11.6 Å². The Bertz CT molecular complexity index is 731. The summed E-state index contributed by atoms with van der Waals surface area (Å²) in [6, 6.07) is 4.12. The van der Waals surface area contributed by atoms with E-state index in [1.165, 1.54) is 19.3 Å². The second-order valence-electron chi connectivity index (χ2n) is 6.65. The predicted octanol–water partition coefficient (Wildman–Crippen LogP) is 3.21. The molecule has 0 saturated carbocycles. The summed E-state index contributed by atoms with van der Waals surface area (Å²) in [6.45, 7) is 3.87. The molecule has 0 radical (unpaired) electrons. The van der Waals surface area contributed by atoms with E-state index in [0.717, 1.165) is 58.2 Å². The van der Waals surface area contributed by atoms with E-state index in [4.69, 9.17) is 14.7 Å². The lowest BCUT2D eigenvalue weighted by atomic mass is 10.1. The number of methoxy groups -OCH3 is 1. The normalized spacial score (nSPS) is 15.0. The molecular formula is C18H26IN5O. The molecule has 2 aromatic rings. The second kappa shape index (κ2) is 8.35. The molecule has 0 spiro atoms. The van der Waals surface area contributed by atoms with Crippen molar-refractivity contribution in [1.82, 2.24) is 14.9 Å². The van der Waals surface area contributed by atoms with Gasteiger partial charge in [-0.2, -0.15) is 4.98 Å². The minimum atomic E-state index is 0.834. The molecule has 0 unspecified atom stereocenters. The summed E-state index contributed by atoms with van der Waals surface area (Å²) < 4.78 is 6.55. The van der Waals surface area contributed by atoms with Gasteiger partial charge < -0.3 is 19.9 Å². The Morgan fingerprint density at radius 3 is 2.64 bits per heavy atom. The number of ether oxygens (including phenoxy) is 1. The number of hydrogen-bond donors (Lipinski definition) is 1. The maximum atomic E-state index is 5.49. The van der Waals surface area contributed by atoms with E-state index >= 15 is 0 Å². The van der Waals surface area contributed by atoms with Crippen LogP contribution < -0.4 is 15.0 Å². The van der Waals surface area contributed by atoms with Gasteiger partial charge in [-0.15, -0.1) is 0 Å². The van der Waals surface area contributed by atoms with Crippen molar-refractivity contribution in [1.29, 1.82) is 0 Å². The Labute approximate surface area is 163 Å². The maximum Gasteiger partial charge on any atom is 0.227 e. The zero-order valence-corrected chi connectivity index (χ0v) is 17.3. The van der Waals surface area contributed by atoms with Crippen LogP contribution >= 0.6 is 22.6 Å². The summed E-state index contributed by atoms with van der Waals surface area (Å²) in [6.07, 6.45) is 3.73. The van der Waals surface area contributed by atoms with Crippen molar-refractivity contribution in [2.24, 2.45) is 0 Å². The highest BCUT2D eigenvalue weighted by atomic mass is 127. The van der Waals surface area contributed by atoms with E-state index in [9.17, 15) is 0 Å². The Morgan fingerprint density at radius 1 is 1.20 bits per heavy atom. The lowest BCUT2D eigenvalue weighted by molar-refractivity contribution is 0.412. The van der Waals surface area contributed by atoms with Crippen LogP contribution in [0.25, 0.3) is 10.9 Å². The monoisotopic (exact) mass is 455 g/mol. The molecule has 0 bridgehead atoms. The van der Waals surface area contributed by atoms with E-state index in [1.807, 2.05) is 6.07 Å². The number of aromatic nitrogens is 2. The number of nitrogens with zero attached hydrogens (tertiary/aromatic N) is 4. The molecule has 1 N–H and O–H groups in total. The fraction of sp³-hybridized carbons (Fsp3) is 0.556. The Balaban J connectivity index is 2.00. The third kappa shape index (κ3) is 4.44. The minimum absolute atomic E-state index is 0.834.